The van der Waals surface area contributed by atoms with Crippen molar-refractivity contribution in [2.75, 3.05) is 20.1 Å². The molecule has 16 heavy (non-hydrogen) atoms. The van der Waals surface area contributed by atoms with E-state index in [4.69, 9.17) is 4.42 Å². The highest BCUT2D eigenvalue weighted by molar-refractivity contribution is 5.04. The van der Waals surface area contributed by atoms with Crippen molar-refractivity contribution < 1.29 is 4.42 Å². The molecule has 2 rings (SSSR count). The molecule has 0 aromatic carbocycles. The Labute approximate surface area is 97.8 Å². The molecule has 0 spiro atoms. The van der Waals surface area contributed by atoms with Gasteiger partial charge in [-0.1, -0.05) is 6.42 Å². The Hall–Kier alpha value is -0.800. The average Bonchev–Trinajstić information content (AvgIpc) is 2.81. The van der Waals surface area contributed by atoms with Crippen LogP contribution in [0.4, 0.5) is 0 Å². The van der Waals surface area contributed by atoms with Gasteiger partial charge in [-0.2, -0.15) is 0 Å². The average molecular weight is 222 g/mol. The molecule has 1 aliphatic heterocycles. The van der Waals surface area contributed by atoms with Crippen molar-refractivity contribution >= 4 is 0 Å². The molecule has 1 N–H and O–H groups in total. The lowest BCUT2D eigenvalue weighted by Gasteiger charge is -2.25. The van der Waals surface area contributed by atoms with E-state index in [9.17, 15) is 0 Å². The minimum absolute atomic E-state index is 0.737. The van der Waals surface area contributed by atoms with Crippen molar-refractivity contribution in [1.82, 2.24) is 10.2 Å². The number of hydrogen-bond acceptors (Lipinski definition) is 3. The van der Waals surface area contributed by atoms with Crippen molar-refractivity contribution in [1.29, 1.82) is 0 Å². The number of nitrogens with zero attached hydrogens (tertiary/aromatic N) is 1. The van der Waals surface area contributed by atoms with E-state index < -0.39 is 0 Å². The van der Waals surface area contributed by atoms with Crippen LogP contribution in [0.2, 0.25) is 0 Å². The van der Waals surface area contributed by atoms with Gasteiger partial charge in [0.15, 0.2) is 0 Å². The van der Waals surface area contributed by atoms with Gasteiger partial charge >= 0.3 is 0 Å². The SMILES string of the molecule is CN(CCC1CCCCN1)Cc1ccoc1. The second kappa shape index (κ2) is 6.06. The highest BCUT2D eigenvalue weighted by Gasteiger charge is 2.12. The molecule has 1 saturated heterocycles. The van der Waals surface area contributed by atoms with E-state index in [0.717, 1.165) is 19.1 Å². The molecule has 1 atom stereocenters. The zero-order valence-corrected chi connectivity index (χ0v) is 10.1. The highest BCUT2D eigenvalue weighted by Crippen LogP contribution is 2.11. The van der Waals surface area contributed by atoms with Crippen LogP contribution in [0.5, 0.6) is 0 Å². The van der Waals surface area contributed by atoms with E-state index in [1.54, 1.807) is 6.26 Å². The van der Waals surface area contributed by atoms with E-state index in [1.807, 2.05) is 12.3 Å². The highest BCUT2D eigenvalue weighted by atomic mass is 16.3. The summed E-state index contributed by atoms with van der Waals surface area (Å²) in [5.41, 5.74) is 1.26. The lowest BCUT2D eigenvalue weighted by molar-refractivity contribution is 0.281. The summed E-state index contributed by atoms with van der Waals surface area (Å²) < 4.78 is 5.07. The second-order valence-electron chi connectivity index (χ2n) is 4.80. The first-order valence-corrected chi connectivity index (χ1v) is 6.27. The first-order chi connectivity index (χ1) is 7.84. The molecule has 1 aromatic heterocycles. The third-order valence-corrected chi connectivity index (χ3v) is 3.30. The molecule has 90 valence electrons. The maximum Gasteiger partial charge on any atom is 0.0947 e. The summed E-state index contributed by atoms with van der Waals surface area (Å²) in [6.45, 7) is 3.35. The standard InChI is InChI=1S/C13H22N2O/c1-15(10-12-6-9-16-11-12)8-5-13-4-2-3-7-14-13/h6,9,11,13-14H,2-5,7-8,10H2,1H3. The van der Waals surface area contributed by atoms with Crippen LogP contribution < -0.4 is 5.32 Å². The fourth-order valence-corrected chi connectivity index (χ4v) is 2.32. The summed E-state index contributed by atoms with van der Waals surface area (Å²) in [5, 5.41) is 3.59. The van der Waals surface area contributed by atoms with Gasteiger partial charge in [-0.25, -0.2) is 0 Å². The lowest BCUT2D eigenvalue weighted by atomic mass is 10.0. The maximum absolute atomic E-state index is 5.07. The Bertz CT molecular complexity index is 278. The summed E-state index contributed by atoms with van der Waals surface area (Å²) in [7, 11) is 2.18. The zero-order valence-electron chi connectivity index (χ0n) is 10.1. The van der Waals surface area contributed by atoms with Crippen LogP contribution in [0.3, 0.4) is 0 Å². The van der Waals surface area contributed by atoms with Crippen molar-refractivity contribution in [3.63, 3.8) is 0 Å². The third kappa shape index (κ3) is 3.65. The summed E-state index contributed by atoms with van der Waals surface area (Å²) in [6, 6.07) is 2.77. The monoisotopic (exact) mass is 222 g/mol. The number of furan rings is 1. The van der Waals surface area contributed by atoms with Crippen LogP contribution in [0.15, 0.2) is 23.0 Å². The predicted molar refractivity (Wildman–Crippen MR) is 65.3 cm³/mol. The topological polar surface area (TPSA) is 28.4 Å². The van der Waals surface area contributed by atoms with Crippen LogP contribution in [0.25, 0.3) is 0 Å². The summed E-state index contributed by atoms with van der Waals surface area (Å²) in [6.07, 6.45) is 8.92. The lowest BCUT2D eigenvalue weighted by Crippen LogP contribution is -2.36. The molecule has 0 bridgehead atoms. The molecule has 0 aliphatic carbocycles. The van der Waals surface area contributed by atoms with Crippen molar-refractivity contribution in [2.24, 2.45) is 0 Å². The fourth-order valence-electron chi connectivity index (χ4n) is 2.32. The van der Waals surface area contributed by atoms with E-state index in [1.165, 1.54) is 37.8 Å². The van der Waals surface area contributed by atoms with Crippen LogP contribution in [-0.2, 0) is 6.54 Å². The van der Waals surface area contributed by atoms with E-state index in [0.29, 0.717) is 0 Å². The first-order valence-electron chi connectivity index (χ1n) is 6.27. The molecule has 2 heterocycles. The molecular formula is C13H22N2O. The van der Waals surface area contributed by atoms with Crippen molar-refractivity contribution in [3.8, 4) is 0 Å². The minimum atomic E-state index is 0.737. The molecule has 0 amide bonds. The molecule has 0 saturated carbocycles. The molecule has 3 nitrogen and oxygen atoms in total. The van der Waals surface area contributed by atoms with Crippen LogP contribution >= 0.6 is 0 Å². The fraction of sp³-hybridized carbons (Fsp3) is 0.692. The van der Waals surface area contributed by atoms with Gasteiger partial charge in [-0.3, -0.25) is 0 Å². The molecule has 3 heteroatoms. The van der Waals surface area contributed by atoms with Gasteiger partial charge in [-0.05, 0) is 45.5 Å². The van der Waals surface area contributed by atoms with Crippen molar-refractivity contribution in [2.45, 2.75) is 38.3 Å². The summed E-state index contributed by atoms with van der Waals surface area (Å²) in [5.74, 6) is 0. The quantitative estimate of drug-likeness (QED) is 0.828. The van der Waals surface area contributed by atoms with E-state index >= 15 is 0 Å². The first kappa shape index (κ1) is 11.7. The summed E-state index contributed by atoms with van der Waals surface area (Å²) >= 11 is 0. The van der Waals surface area contributed by atoms with Gasteiger partial charge in [0.2, 0.25) is 0 Å². The van der Waals surface area contributed by atoms with Crippen molar-refractivity contribution in [3.05, 3.63) is 24.2 Å². The molecule has 1 unspecified atom stereocenters. The largest absolute Gasteiger partial charge is 0.472 e. The Morgan fingerprint density at radius 2 is 2.44 bits per heavy atom. The Morgan fingerprint density at radius 1 is 1.50 bits per heavy atom. The van der Waals surface area contributed by atoms with Gasteiger partial charge in [0.25, 0.3) is 0 Å². The normalized spacial score (nSPS) is 21.5. The molecular weight excluding hydrogens is 200 g/mol. The Morgan fingerprint density at radius 3 is 3.12 bits per heavy atom. The van der Waals surface area contributed by atoms with Gasteiger partial charge in [0.1, 0.15) is 0 Å². The molecule has 0 radical (unpaired) electrons. The summed E-state index contributed by atoms with van der Waals surface area (Å²) in [4.78, 5) is 2.36. The second-order valence-corrected chi connectivity index (χ2v) is 4.80. The van der Waals surface area contributed by atoms with Gasteiger partial charge in [-0.15, -0.1) is 0 Å². The third-order valence-electron chi connectivity index (χ3n) is 3.30. The van der Waals surface area contributed by atoms with E-state index in [2.05, 4.69) is 17.3 Å². The van der Waals surface area contributed by atoms with Gasteiger partial charge in [0, 0.05) is 18.2 Å². The number of piperidine rings is 1. The van der Waals surface area contributed by atoms with E-state index in [-0.39, 0.29) is 0 Å². The maximum atomic E-state index is 5.07. The number of hydrogen-bond donors (Lipinski definition) is 1. The molecule has 1 fully saturated rings. The zero-order chi connectivity index (χ0) is 11.2. The Balaban J connectivity index is 1.65. The van der Waals surface area contributed by atoms with Gasteiger partial charge in [0.05, 0.1) is 12.5 Å². The van der Waals surface area contributed by atoms with Crippen LogP contribution in [0, 0.1) is 0 Å². The minimum Gasteiger partial charge on any atom is -0.472 e. The smallest absolute Gasteiger partial charge is 0.0947 e. The van der Waals surface area contributed by atoms with Crippen LogP contribution in [0.1, 0.15) is 31.2 Å². The Kier molecular flexibility index (Phi) is 4.43. The van der Waals surface area contributed by atoms with Gasteiger partial charge < -0.3 is 14.6 Å². The molecule has 1 aliphatic rings. The number of rotatable bonds is 5. The number of nitrogens with one attached hydrogen (secondary N) is 1. The van der Waals surface area contributed by atoms with Crippen LogP contribution in [-0.4, -0.2) is 31.1 Å². The molecule has 1 aromatic rings. The predicted octanol–water partition coefficient (Wildman–Crippen LogP) is 2.24.